The fraction of sp³-hybridized carbons (Fsp3) is 0.800. The van der Waals surface area contributed by atoms with Gasteiger partial charge in [-0.05, 0) is 43.9 Å². The molecule has 1 aromatic rings. The summed E-state index contributed by atoms with van der Waals surface area (Å²) in [4.78, 5) is 21.8. The lowest BCUT2D eigenvalue weighted by Crippen LogP contribution is -2.54. The number of nitrogens with zero attached hydrogens (tertiary/aromatic N) is 4. The Labute approximate surface area is 156 Å². The first-order valence-electron chi connectivity index (χ1n) is 10.1. The van der Waals surface area contributed by atoms with E-state index >= 15 is 0 Å². The summed E-state index contributed by atoms with van der Waals surface area (Å²) in [5.41, 5.74) is -0.863. The highest BCUT2D eigenvalue weighted by Crippen LogP contribution is 2.45. The Morgan fingerprint density at radius 2 is 1.85 bits per heavy atom. The Kier molecular flexibility index (Phi) is 4.59. The normalized spacial score (nSPS) is 37.9. The lowest BCUT2D eigenvalue weighted by molar-refractivity contribution is -0.138. The number of aliphatic hydroxyl groups is 1. The van der Waals surface area contributed by atoms with Crippen LogP contribution in [-0.2, 0) is 17.4 Å². The number of hydrogen-bond donors (Lipinski definition) is 1. The number of imidazole rings is 1. The molecule has 3 saturated heterocycles. The van der Waals surface area contributed by atoms with Gasteiger partial charge >= 0.3 is 0 Å². The molecule has 1 aromatic heterocycles. The van der Waals surface area contributed by atoms with Crippen molar-refractivity contribution in [3.05, 3.63) is 18.2 Å². The van der Waals surface area contributed by atoms with Gasteiger partial charge in [-0.25, -0.2) is 4.98 Å². The molecule has 4 heterocycles. The summed E-state index contributed by atoms with van der Waals surface area (Å²) < 4.78 is 1.93. The molecular formula is C20H32N4O2. The van der Waals surface area contributed by atoms with Crippen LogP contribution < -0.4 is 0 Å². The topological polar surface area (TPSA) is 61.6 Å². The molecular weight excluding hydrogens is 328 g/mol. The summed E-state index contributed by atoms with van der Waals surface area (Å²) in [5.74, 6) is 2.21. The number of aromatic nitrogens is 2. The molecule has 3 aliphatic heterocycles. The minimum atomic E-state index is -0.863. The van der Waals surface area contributed by atoms with Crippen LogP contribution in [0.3, 0.4) is 0 Å². The fourth-order valence-electron chi connectivity index (χ4n) is 5.69. The highest BCUT2D eigenvalue weighted by atomic mass is 16.3. The number of carbonyl (C=O) groups is 1. The van der Waals surface area contributed by atoms with Crippen LogP contribution in [0.2, 0.25) is 0 Å². The molecule has 0 aromatic carbocycles. The third kappa shape index (κ3) is 3.18. The van der Waals surface area contributed by atoms with E-state index in [2.05, 4.69) is 28.6 Å². The summed E-state index contributed by atoms with van der Waals surface area (Å²) in [6.45, 7) is 6.78. The molecule has 0 radical (unpaired) electrons. The van der Waals surface area contributed by atoms with Gasteiger partial charge < -0.3 is 14.6 Å². The zero-order valence-electron chi connectivity index (χ0n) is 16.3. The molecule has 0 spiro atoms. The summed E-state index contributed by atoms with van der Waals surface area (Å²) in [6.07, 6.45) is 8.35. The van der Waals surface area contributed by atoms with Gasteiger partial charge in [-0.15, -0.1) is 0 Å². The molecule has 1 N–H and O–H groups in total. The van der Waals surface area contributed by atoms with E-state index in [0.29, 0.717) is 31.2 Å². The van der Waals surface area contributed by atoms with Gasteiger partial charge in [0.25, 0.3) is 0 Å². The largest absolute Gasteiger partial charge is 0.382 e. The molecule has 2 bridgehead atoms. The van der Waals surface area contributed by atoms with E-state index in [-0.39, 0.29) is 18.0 Å². The van der Waals surface area contributed by atoms with Gasteiger partial charge in [0.15, 0.2) is 0 Å². The Balaban J connectivity index is 1.44. The first-order valence-corrected chi connectivity index (χ1v) is 10.1. The van der Waals surface area contributed by atoms with Crippen LogP contribution >= 0.6 is 0 Å². The number of carbonyl (C=O) groups excluding carboxylic acids is 1. The Bertz CT molecular complexity index is 649. The number of aryl methyl sites for hydroxylation is 1. The third-order valence-corrected chi connectivity index (χ3v) is 6.69. The van der Waals surface area contributed by atoms with Crippen LogP contribution in [0.5, 0.6) is 0 Å². The van der Waals surface area contributed by atoms with Crippen molar-refractivity contribution >= 4 is 5.91 Å². The molecule has 0 saturated carbocycles. The molecule has 4 rings (SSSR count). The predicted molar refractivity (Wildman–Crippen MR) is 99.4 cm³/mol. The number of rotatable bonds is 3. The fourth-order valence-corrected chi connectivity index (χ4v) is 5.69. The van der Waals surface area contributed by atoms with Crippen molar-refractivity contribution in [3.8, 4) is 0 Å². The van der Waals surface area contributed by atoms with Crippen LogP contribution in [0.15, 0.2) is 12.4 Å². The van der Waals surface area contributed by atoms with E-state index in [4.69, 9.17) is 0 Å². The summed E-state index contributed by atoms with van der Waals surface area (Å²) in [5, 5.41) is 11.3. The zero-order chi connectivity index (χ0) is 18.5. The average molecular weight is 361 g/mol. The van der Waals surface area contributed by atoms with Crippen molar-refractivity contribution in [2.24, 2.45) is 18.9 Å². The maximum absolute atomic E-state index is 12.9. The van der Waals surface area contributed by atoms with Crippen molar-refractivity contribution in [1.82, 2.24) is 19.4 Å². The first kappa shape index (κ1) is 18.0. The monoisotopic (exact) mass is 360 g/mol. The minimum absolute atomic E-state index is 0.266. The smallest absolute Gasteiger partial charge is 0.236 e. The highest BCUT2D eigenvalue weighted by Gasteiger charge is 2.50. The van der Waals surface area contributed by atoms with E-state index in [1.165, 1.54) is 6.42 Å². The van der Waals surface area contributed by atoms with Crippen LogP contribution in [0.4, 0.5) is 0 Å². The molecule has 0 unspecified atom stereocenters. The summed E-state index contributed by atoms with van der Waals surface area (Å²) >= 11 is 0. The SMILES string of the molecule is C[C@@H]1C[C@@H](C)CN(C(=O)CN2[C@H]3CC[C@H]2CC(O)(c2nccn2C)C3)C1. The Morgan fingerprint density at radius 1 is 1.23 bits per heavy atom. The van der Waals surface area contributed by atoms with Crippen LogP contribution in [0, 0.1) is 11.8 Å². The first-order chi connectivity index (χ1) is 12.4. The standard InChI is InChI=1S/C20H32N4O2/c1-14-8-15(2)12-23(11-14)18(25)13-24-16-4-5-17(24)10-20(26,9-16)19-21-6-7-22(19)3/h6-7,14-17,26H,4-5,8-13H2,1-3H3/t14-,15-,16+,17+/m1/s1. The van der Waals surface area contributed by atoms with E-state index < -0.39 is 5.60 Å². The number of piperidine rings is 2. The van der Waals surface area contributed by atoms with Crippen molar-refractivity contribution < 1.29 is 9.90 Å². The zero-order valence-corrected chi connectivity index (χ0v) is 16.3. The Hall–Kier alpha value is -1.40. The minimum Gasteiger partial charge on any atom is -0.382 e. The van der Waals surface area contributed by atoms with Crippen LogP contribution in [0.25, 0.3) is 0 Å². The van der Waals surface area contributed by atoms with Crippen LogP contribution in [-0.4, -0.2) is 62.1 Å². The summed E-state index contributed by atoms with van der Waals surface area (Å²) in [6, 6.07) is 0.554. The summed E-state index contributed by atoms with van der Waals surface area (Å²) in [7, 11) is 1.94. The number of hydrogen-bond acceptors (Lipinski definition) is 4. The number of likely N-dealkylation sites (tertiary alicyclic amines) is 1. The van der Waals surface area contributed by atoms with Crippen molar-refractivity contribution in [2.75, 3.05) is 19.6 Å². The van der Waals surface area contributed by atoms with E-state index in [0.717, 1.165) is 31.8 Å². The quantitative estimate of drug-likeness (QED) is 0.892. The van der Waals surface area contributed by atoms with E-state index in [9.17, 15) is 9.90 Å². The molecule has 4 atom stereocenters. The van der Waals surface area contributed by atoms with E-state index in [1.54, 1.807) is 6.20 Å². The van der Waals surface area contributed by atoms with E-state index in [1.807, 2.05) is 17.8 Å². The van der Waals surface area contributed by atoms with Crippen molar-refractivity contribution in [3.63, 3.8) is 0 Å². The van der Waals surface area contributed by atoms with Gasteiger partial charge in [-0.1, -0.05) is 13.8 Å². The maximum atomic E-state index is 12.9. The predicted octanol–water partition coefficient (Wildman–Crippen LogP) is 1.74. The van der Waals surface area contributed by atoms with Gasteiger partial charge in [0.05, 0.1) is 6.54 Å². The number of amides is 1. The lowest BCUT2D eigenvalue weighted by Gasteiger charge is -2.44. The molecule has 26 heavy (non-hydrogen) atoms. The van der Waals surface area contributed by atoms with Gasteiger partial charge in [0, 0.05) is 44.6 Å². The highest BCUT2D eigenvalue weighted by molar-refractivity contribution is 5.78. The molecule has 3 fully saturated rings. The van der Waals surface area contributed by atoms with Crippen molar-refractivity contribution in [2.45, 2.75) is 63.6 Å². The third-order valence-electron chi connectivity index (χ3n) is 6.69. The molecule has 0 aliphatic carbocycles. The van der Waals surface area contributed by atoms with Gasteiger partial charge in [0.2, 0.25) is 5.91 Å². The maximum Gasteiger partial charge on any atom is 0.236 e. The molecule has 144 valence electrons. The van der Waals surface area contributed by atoms with Crippen LogP contribution in [0.1, 0.15) is 51.8 Å². The number of fused-ring (bicyclic) bond motifs is 2. The molecule has 6 heteroatoms. The second-order valence-electron chi connectivity index (χ2n) is 9.10. The van der Waals surface area contributed by atoms with Crippen molar-refractivity contribution in [1.29, 1.82) is 0 Å². The second kappa shape index (κ2) is 6.64. The average Bonchev–Trinajstić information content (AvgIpc) is 3.09. The van der Waals surface area contributed by atoms with Gasteiger partial charge in [0.1, 0.15) is 11.4 Å². The molecule has 1 amide bonds. The second-order valence-corrected chi connectivity index (χ2v) is 9.10. The Morgan fingerprint density at radius 3 is 2.38 bits per heavy atom. The van der Waals surface area contributed by atoms with Gasteiger partial charge in [-0.2, -0.15) is 0 Å². The van der Waals surface area contributed by atoms with Gasteiger partial charge in [-0.3, -0.25) is 9.69 Å². The lowest BCUT2D eigenvalue weighted by atomic mass is 9.85. The molecule has 6 nitrogen and oxygen atoms in total. The molecule has 3 aliphatic rings.